The van der Waals surface area contributed by atoms with Crippen LogP contribution in [0.1, 0.15) is 17.3 Å². The Hall–Kier alpha value is -2.68. The average molecular weight is 277 g/mol. The van der Waals surface area contributed by atoms with Gasteiger partial charge in [0.05, 0.1) is 23.4 Å². The maximum Gasteiger partial charge on any atom is 0.338 e. The van der Waals surface area contributed by atoms with Gasteiger partial charge in [-0.3, -0.25) is 0 Å². The van der Waals surface area contributed by atoms with Gasteiger partial charge in [0.1, 0.15) is 0 Å². The number of hydrogen-bond acceptors (Lipinski definition) is 3. The van der Waals surface area contributed by atoms with E-state index >= 15 is 0 Å². The summed E-state index contributed by atoms with van der Waals surface area (Å²) >= 11 is 0. The lowest BCUT2D eigenvalue weighted by Crippen LogP contribution is -2.04. The molecule has 0 atom stereocenters. The Labute approximate surface area is 123 Å². The van der Waals surface area contributed by atoms with Gasteiger partial charge >= 0.3 is 5.97 Å². The molecular formula is C18H15NO2. The molecule has 1 heterocycles. The number of pyridine rings is 1. The van der Waals surface area contributed by atoms with Crippen molar-refractivity contribution in [1.29, 1.82) is 0 Å². The normalized spacial score (nSPS) is 10.5. The summed E-state index contributed by atoms with van der Waals surface area (Å²) in [5.41, 5.74) is 3.24. The topological polar surface area (TPSA) is 39.2 Å². The summed E-state index contributed by atoms with van der Waals surface area (Å²) in [6.45, 7) is 2.17. The molecule has 21 heavy (non-hydrogen) atoms. The molecule has 0 N–H and O–H groups in total. The van der Waals surface area contributed by atoms with Crippen molar-refractivity contribution in [2.45, 2.75) is 6.92 Å². The zero-order valence-electron chi connectivity index (χ0n) is 11.7. The lowest BCUT2D eigenvalue weighted by molar-refractivity contribution is 0.0526. The Bertz CT molecular complexity index is 796. The molecule has 0 aliphatic heterocycles. The summed E-state index contributed by atoms with van der Waals surface area (Å²) in [7, 11) is 0. The molecule has 0 saturated carbocycles. The fourth-order valence-electron chi connectivity index (χ4n) is 2.25. The first kappa shape index (κ1) is 13.3. The van der Waals surface area contributed by atoms with Crippen LogP contribution in [-0.4, -0.2) is 17.6 Å². The number of rotatable bonds is 3. The lowest BCUT2D eigenvalue weighted by atomic mass is 10.1. The Kier molecular flexibility index (Phi) is 3.65. The summed E-state index contributed by atoms with van der Waals surface area (Å²) in [6.07, 6.45) is 0. The second kappa shape index (κ2) is 5.75. The Morgan fingerprint density at radius 2 is 1.90 bits per heavy atom. The minimum atomic E-state index is -0.305. The van der Waals surface area contributed by atoms with Crippen molar-refractivity contribution in [1.82, 2.24) is 4.98 Å². The van der Waals surface area contributed by atoms with Gasteiger partial charge in [0.15, 0.2) is 0 Å². The number of aromatic nitrogens is 1. The van der Waals surface area contributed by atoms with Crippen molar-refractivity contribution < 1.29 is 9.53 Å². The van der Waals surface area contributed by atoms with E-state index in [1.54, 1.807) is 13.0 Å². The second-order valence-electron chi connectivity index (χ2n) is 4.69. The van der Waals surface area contributed by atoms with Crippen LogP contribution >= 0.6 is 0 Å². The van der Waals surface area contributed by atoms with Gasteiger partial charge < -0.3 is 4.74 Å². The summed E-state index contributed by atoms with van der Waals surface area (Å²) < 4.78 is 5.03. The minimum Gasteiger partial charge on any atom is -0.462 e. The standard InChI is InChI=1S/C18H15NO2/c1-2-21-18(20)15-8-5-7-14(12-15)17-11-10-13-6-3-4-9-16(13)19-17/h3-12H,2H2,1H3. The van der Waals surface area contributed by atoms with Crippen LogP contribution in [0.15, 0.2) is 60.7 Å². The third-order valence-corrected chi connectivity index (χ3v) is 3.27. The second-order valence-corrected chi connectivity index (χ2v) is 4.69. The third-order valence-electron chi connectivity index (χ3n) is 3.27. The van der Waals surface area contributed by atoms with Crippen LogP contribution < -0.4 is 0 Å². The Morgan fingerprint density at radius 3 is 2.76 bits per heavy atom. The van der Waals surface area contributed by atoms with Gasteiger partial charge in [0, 0.05) is 10.9 Å². The number of nitrogens with zero attached hydrogens (tertiary/aromatic N) is 1. The van der Waals surface area contributed by atoms with Crippen LogP contribution in [0, 0.1) is 0 Å². The maximum absolute atomic E-state index is 11.8. The van der Waals surface area contributed by atoms with Gasteiger partial charge in [-0.25, -0.2) is 9.78 Å². The van der Waals surface area contributed by atoms with Gasteiger partial charge in [0.2, 0.25) is 0 Å². The molecule has 104 valence electrons. The monoisotopic (exact) mass is 277 g/mol. The van der Waals surface area contributed by atoms with Crippen LogP contribution in [0.5, 0.6) is 0 Å². The van der Waals surface area contributed by atoms with E-state index < -0.39 is 0 Å². The van der Waals surface area contributed by atoms with E-state index in [4.69, 9.17) is 4.74 Å². The van der Waals surface area contributed by atoms with Gasteiger partial charge in [-0.15, -0.1) is 0 Å². The first-order valence-electron chi connectivity index (χ1n) is 6.91. The first-order valence-corrected chi connectivity index (χ1v) is 6.91. The zero-order valence-corrected chi connectivity index (χ0v) is 11.7. The number of carbonyl (C=O) groups is 1. The first-order chi connectivity index (χ1) is 10.3. The van der Waals surface area contributed by atoms with E-state index in [-0.39, 0.29) is 5.97 Å². The van der Waals surface area contributed by atoms with Gasteiger partial charge in [-0.2, -0.15) is 0 Å². The van der Waals surface area contributed by atoms with Crippen molar-refractivity contribution in [2.75, 3.05) is 6.61 Å². The molecule has 0 fully saturated rings. The summed E-state index contributed by atoms with van der Waals surface area (Å²) in [4.78, 5) is 16.4. The van der Waals surface area contributed by atoms with Crippen molar-refractivity contribution in [3.8, 4) is 11.3 Å². The highest BCUT2D eigenvalue weighted by Crippen LogP contribution is 2.22. The molecule has 0 unspecified atom stereocenters. The van der Waals surface area contributed by atoms with E-state index in [0.29, 0.717) is 12.2 Å². The number of hydrogen-bond donors (Lipinski definition) is 0. The van der Waals surface area contributed by atoms with Crippen LogP contribution in [0.25, 0.3) is 22.2 Å². The van der Waals surface area contributed by atoms with Crippen LogP contribution in [0.4, 0.5) is 0 Å². The average Bonchev–Trinajstić information content (AvgIpc) is 2.55. The molecule has 2 aromatic carbocycles. The molecule has 0 amide bonds. The predicted molar refractivity (Wildman–Crippen MR) is 83.1 cm³/mol. The predicted octanol–water partition coefficient (Wildman–Crippen LogP) is 4.08. The molecule has 3 aromatic rings. The molecule has 0 aliphatic rings. The Morgan fingerprint density at radius 1 is 1.05 bits per heavy atom. The highest BCUT2D eigenvalue weighted by molar-refractivity contribution is 5.91. The van der Waals surface area contributed by atoms with Crippen molar-refractivity contribution in [3.05, 3.63) is 66.2 Å². The van der Waals surface area contributed by atoms with Crippen molar-refractivity contribution in [2.24, 2.45) is 0 Å². The zero-order chi connectivity index (χ0) is 14.7. The number of carbonyl (C=O) groups excluding carboxylic acids is 1. The molecule has 0 radical (unpaired) electrons. The lowest BCUT2D eigenvalue weighted by Gasteiger charge is -2.06. The largest absolute Gasteiger partial charge is 0.462 e. The molecule has 3 heteroatoms. The van der Waals surface area contributed by atoms with Crippen molar-refractivity contribution >= 4 is 16.9 Å². The van der Waals surface area contributed by atoms with Gasteiger partial charge in [-0.05, 0) is 31.2 Å². The number of ether oxygens (including phenoxy) is 1. The molecule has 0 bridgehead atoms. The summed E-state index contributed by atoms with van der Waals surface area (Å²) in [5, 5.41) is 1.10. The number of fused-ring (bicyclic) bond motifs is 1. The molecule has 0 spiro atoms. The van der Waals surface area contributed by atoms with Gasteiger partial charge in [-0.1, -0.05) is 36.4 Å². The number of benzene rings is 2. The SMILES string of the molecule is CCOC(=O)c1cccc(-c2ccc3ccccc3n2)c1. The molecule has 3 rings (SSSR count). The molecule has 3 nitrogen and oxygen atoms in total. The van der Waals surface area contributed by atoms with E-state index in [2.05, 4.69) is 4.98 Å². The highest BCUT2D eigenvalue weighted by Gasteiger charge is 2.08. The van der Waals surface area contributed by atoms with E-state index in [1.807, 2.05) is 54.6 Å². The summed E-state index contributed by atoms with van der Waals surface area (Å²) in [5.74, 6) is -0.305. The maximum atomic E-state index is 11.8. The summed E-state index contributed by atoms with van der Waals surface area (Å²) in [6, 6.07) is 19.3. The van der Waals surface area contributed by atoms with E-state index in [0.717, 1.165) is 22.2 Å². The minimum absolute atomic E-state index is 0.305. The van der Waals surface area contributed by atoms with Crippen molar-refractivity contribution in [3.63, 3.8) is 0 Å². The van der Waals surface area contributed by atoms with Crippen LogP contribution in [-0.2, 0) is 4.74 Å². The molecule has 1 aromatic heterocycles. The molecule has 0 saturated heterocycles. The number of para-hydroxylation sites is 1. The fourth-order valence-corrected chi connectivity index (χ4v) is 2.25. The number of esters is 1. The highest BCUT2D eigenvalue weighted by atomic mass is 16.5. The third kappa shape index (κ3) is 2.77. The quantitative estimate of drug-likeness (QED) is 0.677. The van der Waals surface area contributed by atoms with Crippen LogP contribution in [0.2, 0.25) is 0 Å². The molecule has 0 aliphatic carbocycles. The molecular weight excluding hydrogens is 262 g/mol. The van der Waals surface area contributed by atoms with Crippen LogP contribution in [0.3, 0.4) is 0 Å². The Balaban J connectivity index is 2.02. The smallest absolute Gasteiger partial charge is 0.338 e. The van der Waals surface area contributed by atoms with E-state index in [9.17, 15) is 4.79 Å². The van der Waals surface area contributed by atoms with Gasteiger partial charge in [0.25, 0.3) is 0 Å². The van der Waals surface area contributed by atoms with E-state index in [1.165, 1.54) is 0 Å². The fraction of sp³-hybridized carbons (Fsp3) is 0.111.